The van der Waals surface area contributed by atoms with Gasteiger partial charge in [-0.05, 0) is 31.1 Å². The first-order valence-corrected chi connectivity index (χ1v) is 6.11. The van der Waals surface area contributed by atoms with E-state index in [0.29, 0.717) is 0 Å². The van der Waals surface area contributed by atoms with E-state index in [2.05, 4.69) is 11.9 Å². The monoisotopic (exact) mass is 189 g/mol. The number of hydrogen-bond acceptors (Lipinski definition) is 3. The van der Waals surface area contributed by atoms with Crippen LogP contribution in [0.1, 0.15) is 27.2 Å². The molecule has 0 aliphatic rings. The van der Waals surface area contributed by atoms with Crippen LogP contribution < -0.4 is 0 Å². The van der Waals surface area contributed by atoms with Gasteiger partial charge in [-0.1, -0.05) is 23.8 Å². The molecule has 0 saturated heterocycles. The molecule has 0 unspecified atom stereocenters. The van der Waals surface area contributed by atoms with E-state index in [0.717, 1.165) is 5.03 Å². The Balaban J connectivity index is 3.54. The van der Waals surface area contributed by atoms with Crippen molar-refractivity contribution in [2.24, 2.45) is 4.99 Å². The van der Waals surface area contributed by atoms with Gasteiger partial charge in [-0.3, -0.25) is 4.99 Å². The lowest BCUT2D eigenvalue weighted by atomic mass is 10.6. The highest BCUT2D eigenvalue weighted by Crippen LogP contribution is 2.30. The third-order valence-electron chi connectivity index (χ3n) is 0.935. The zero-order valence-electron chi connectivity index (χ0n) is 7.33. The Bertz CT molecular complexity index is 141. The first kappa shape index (κ1) is 11.1. The summed E-state index contributed by atoms with van der Waals surface area (Å²) < 4.78 is 0. The van der Waals surface area contributed by atoms with E-state index in [4.69, 9.17) is 0 Å². The summed E-state index contributed by atoms with van der Waals surface area (Å²) in [7, 11) is 3.61. The maximum Gasteiger partial charge on any atom is 0.102 e. The first-order valence-electron chi connectivity index (χ1n) is 3.79. The highest BCUT2D eigenvalue weighted by Gasteiger charge is 1.92. The third kappa shape index (κ3) is 6.51. The minimum Gasteiger partial charge on any atom is -0.254 e. The molecule has 0 aliphatic heterocycles. The van der Waals surface area contributed by atoms with Crippen LogP contribution in [0.3, 0.4) is 0 Å². The van der Waals surface area contributed by atoms with Crippen molar-refractivity contribution in [1.82, 2.24) is 0 Å². The van der Waals surface area contributed by atoms with Gasteiger partial charge in [0.2, 0.25) is 0 Å². The van der Waals surface area contributed by atoms with Crippen molar-refractivity contribution < 1.29 is 0 Å². The Hall–Kier alpha value is 0.110. The normalized spacial score (nSPS) is 12.8. The molecule has 3 heteroatoms. The lowest BCUT2D eigenvalue weighted by molar-refractivity contribution is 1.11. The SMILES string of the molecule is CC=N/C(=C\C)SSCCC. The smallest absolute Gasteiger partial charge is 0.102 e. The second-order valence-electron chi connectivity index (χ2n) is 1.92. The van der Waals surface area contributed by atoms with Crippen LogP contribution >= 0.6 is 21.6 Å². The lowest BCUT2D eigenvalue weighted by Gasteiger charge is -1.97. The van der Waals surface area contributed by atoms with Gasteiger partial charge in [0.25, 0.3) is 0 Å². The number of rotatable bonds is 5. The van der Waals surface area contributed by atoms with Gasteiger partial charge < -0.3 is 0 Å². The number of hydrogen-bond donors (Lipinski definition) is 0. The Morgan fingerprint density at radius 1 is 1.45 bits per heavy atom. The summed E-state index contributed by atoms with van der Waals surface area (Å²) in [6, 6.07) is 0. The number of nitrogens with zero attached hydrogens (tertiary/aromatic N) is 1. The van der Waals surface area contributed by atoms with Crippen LogP contribution in [0.2, 0.25) is 0 Å². The Labute approximate surface area is 77.1 Å². The van der Waals surface area contributed by atoms with Crippen LogP contribution in [0.15, 0.2) is 16.1 Å². The molecule has 0 rings (SSSR count). The zero-order valence-corrected chi connectivity index (χ0v) is 8.97. The zero-order chi connectivity index (χ0) is 8.53. The maximum atomic E-state index is 4.19. The van der Waals surface area contributed by atoms with Crippen molar-refractivity contribution >= 4 is 27.8 Å². The molecule has 0 saturated carbocycles. The molecule has 0 radical (unpaired) electrons. The van der Waals surface area contributed by atoms with Crippen molar-refractivity contribution in [1.29, 1.82) is 0 Å². The predicted molar refractivity (Wildman–Crippen MR) is 58.3 cm³/mol. The Kier molecular flexibility index (Phi) is 8.29. The van der Waals surface area contributed by atoms with Crippen molar-refractivity contribution in [2.75, 3.05) is 5.75 Å². The molecule has 0 N–H and O–H groups in total. The van der Waals surface area contributed by atoms with Crippen molar-refractivity contribution in [2.45, 2.75) is 27.2 Å². The van der Waals surface area contributed by atoms with Crippen LogP contribution in [-0.4, -0.2) is 12.0 Å². The molecule has 0 spiro atoms. The molecule has 0 aromatic rings. The van der Waals surface area contributed by atoms with E-state index < -0.39 is 0 Å². The summed E-state index contributed by atoms with van der Waals surface area (Å²) in [4.78, 5) is 4.19. The van der Waals surface area contributed by atoms with E-state index in [1.54, 1.807) is 10.8 Å². The molecule has 1 nitrogen and oxygen atoms in total. The largest absolute Gasteiger partial charge is 0.254 e. The van der Waals surface area contributed by atoms with Gasteiger partial charge in [0, 0.05) is 12.0 Å². The van der Waals surface area contributed by atoms with Gasteiger partial charge in [0.05, 0.1) is 0 Å². The van der Waals surface area contributed by atoms with Crippen LogP contribution in [0.5, 0.6) is 0 Å². The summed E-state index contributed by atoms with van der Waals surface area (Å²) in [5.74, 6) is 1.20. The molecule has 0 aliphatic carbocycles. The summed E-state index contributed by atoms with van der Waals surface area (Å²) >= 11 is 0. The van der Waals surface area contributed by atoms with Gasteiger partial charge in [0.15, 0.2) is 0 Å². The molecule has 64 valence electrons. The van der Waals surface area contributed by atoms with Gasteiger partial charge in [0.1, 0.15) is 5.03 Å². The molecule has 0 aromatic heterocycles. The summed E-state index contributed by atoms with van der Waals surface area (Å²) in [5.41, 5.74) is 0. The lowest BCUT2D eigenvalue weighted by Crippen LogP contribution is -1.71. The van der Waals surface area contributed by atoms with Gasteiger partial charge in [-0.2, -0.15) is 0 Å². The highest BCUT2D eigenvalue weighted by molar-refractivity contribution is 8.78. The fraction of sp³-hybridized carbons (Fsp3) is 0.625. The fourth-order valence-corrected chi connectivity index (χ4v) is 2.60. The van der Waals surface area contributed by atoms with E-state index in [1.807, 2.05) is 36.9 Å². The summed E-state index contributed by atoms with van der Waals surface area (Å²) in [5, 5.41) is 1.10. The minimum atomic E-state index is 1.10. The Morgan fingerprint density at radius 3 is 2.64 bits per heavy atom. The summed E-state index contributed by atoms with van der Waals surface area (Å²) in [6.07, 6.45) is 5.09. The Morgan fingerprint density at radius 2 is 2.18 bits per heavy atom. The molecular formula is C8H15NS2. The van der Waals surface area contributed by atoms with Crippen molar-refractivity contribution in [3.8, 4) is 0 Å². The molecule has 0 bridgehead atoms. The highest BCUT2D eigenvalue weighted by atomic mass is 33.1. The minimum absolute atomic E-state index is 1.10. The molecule has 0 atom stereocenters. The predicted octanol–water partition coefficient (Wildman–Crippen LogP) is 3.73. The average Bonchev–Trinajstić information content (AvgIpc) is 2.03. The fourth-order valence-electron chi connectivity index (χ4n) is 0.457. The number of allylic oxidation sites excluding steroid dienone is 1. The van der Waals surface area contributed by atoms with Crippen LogP contribution in [0.25, 0.3) is 0 Å². The molecule has 0 amide bonds. The molecule has 0 heterocycles. The summed E-state index contributed by atoms with van der Waals surface area (Å²) in [6.45, 7) is 6.14. The standard InChI is InChI=1S/C8H15NS2/c1-4-7-10-11-8(5-2)9-6-3/h5-6H,4,7H2,1-3H3/b8-5+,9-6?. The quantitative estimate of drug-likeness (QED) is 0.371. The first-order chi connectivity index (χ1) is 5.35. The third-order valence-corrected chi connectivity index (χ3v) is 3.51. The van der Waals surface area contributed by atoms with Crippen LogP contribution in [-0.2, 0) is 0 Å². The van der Waals surface area contributed by atoms with Crippen molar-refractivity contribution in [3.05, 3.63) is 11.1 Å². The topological polar surface area (TPSA) is 12.4 Å². The number of aliphatic imine (C=N–C) groups is 1. The second kappa shape index (κ2) is 8.21. The molecule has 0 fully saturated rings. The van der Waals surface area contributed by atoms with E-state index >= 15 is 0 Å². The van der Waals surface area contributed by atoms with E-state index in [-0.39, 0.29) is 0 Å². The van der Waals surface area contributed by atoms with Crippen LogP contribution in [0.4, 0.5) is 0 Å². The molecule has 0 aromatic carbocycles. The molecular weight excluding hydrogens is 174 g/mol. The van der Waals surface area contributed by atoms with E-state index in [1.165, 1.54) is 12.2 Å². The van der Waals surface area contributed by atoms with Gasteiger partial charge in [-0.25, -0.2) is 0 Å². The average molecular weight is 189 g/mol. The second-order valence-corrected chi connectivity index (χ2v) is 4.36. The molecule has 11 heavy (non-hydrogen) atoms. The van der Waals surface area contributed by atoms with Crippen molar-refractivity contribution in [3.63, 3.8) is 0 Å². The van der Waals surface area contributed by atoms with Gasteiger partial charge in [-0.15, -0.1) is 0 Å². The van der Waals surface area contributed by atoms with Gasteiger partial charge >= 0.3 is 0 Å². The van der Waals surface area contributed by atoms with E-state index in [9.17, 15) is 0 Å². The maximum absolute atomic E-state index is 4.19. The van der Waals surface area contributed by atoms with Crippen LogP contribution in [0, 0.1) is 0 Å².